The van der Waals surface area contributed by atoms with E-state index >= 15 is 0 Å². The second-order valence-electron chi connectivity index (χ2n) is 12.0. The standard InChI is InChI=1S/C44H68O4/c1-3-5-7-9-11-13-15-17-19-21-23-25-27-30-34-38-42(39-35-31-29-32-36-40-43(45)46)48-44(47)41-37-33-28-26-24-22-20-18-16-14-12-10-8-6-4-2/h5-8,11-14,17-20,23-26,33,37,42H,3-4,9-10,15-16,21-22,27-32,34-36,38-41H2,1-2H3,(H,45,46)/b7-5-,8-6-,13-11-,14-12-,19-17-,20-18-,25-23-,26-24-,37-33-. The molecule has 268 valence electrons. The Kier molecular flexibility index (Phi) is 35.4. The first kappa shape index (κ1) is 44.6. The Balaban J connectivity index is 4.37. The second-order valence-corrected chi connectivity index (χ2v) is 12.0. The third-order valence-corrected chi connectivity index (χ3v) is 7.52. The van der Waals surface area contributed by atoms with Gasteiger partial charge in [0.05, 0.1) is 6.42 Å². The molecule has 0 aromatic rings. The average molecular weight is 661 g/mol. The molecule has 0 spiro atoms. The van der Waals surface area contributed by atoms with Crippen LogP contribution in [0.25, 0.3) is 0 Å². The van der Waals surface area contributed by atoms with Gasteiger partial charge in [0.15, 0.2) is 0 Å². The molecular weight excluding hydrogens is 592 g/mol. The number of aliphatic carboxylic acids is 1. The van der Waals surface area contributed by atoms with Gasteiger partial charge in [-0.25, -0.2) is 0 Å². The maximum atomic E-state index is 12.6. The van der Waals surface area contributed by atoms with Crippen LogP contribution in [-0.2, 0) is 14.3 Å². The van der Waals surface area contributed by atoms with Gasteiger partial charge in [0.1, 0.15) is 6.10 Å². The number of carboxylic acid groups (broad SMARTS) is 1. The summed E-state index contributed by atoms with van der Waals surface area (Å²) in [5.41, 5.74) is 0. The molecule has 1 N–H and O–H groups in total. The highest BCUT2D eigenvalue weighted by Crippen LogP contribution is 2.17. The van der Waals surface area contributed by atoms with E-state index in [1.165, 1.54) is 0 Å². The number of hydrogen-bond acceptors (Lipinski definition) is 3. The Morgan fingerprint density at radius 3 is 1.31 bits per heavy atom. The number of allylic oxidation sites excluding steroid dienone is 17. The quantitative estimate of drug-likeness (QED) is 0.0443. The van der Waals surface area contributed by atoms with E-state index in [2.05, 4.69) is 111 Å². The van der Waals surface area contributed by atoms with Gasteiger partial charge < -0.3 is 9.84 Å². The van der Waals surface area contributed by atoms with Gasteiger partial charge in [0.2, 0.25) is 0 Å². The number of ether oxygens (including phenoxy) is 1. The van der Waals surface area contributed by atoms with Crippen molar-refractivity contribution >= 4 is 11.9 Å². The first-order valence-corrected chi connectivity index (χ1v) is 18.9. The predicted molar refractivity (Wildman–Crippen MR) is 208 cm³/mol. The van der Waals surface area contributed by atoms with Crippen LogP contribution in [0.15, 0.2) is 109 Å². The molecule has 0 aliphatic carbocycles. The van der Waals surface area contributed by atoms with Gasteiger partial charge in [-0.15, -0.1) is 0 Å². The van der Waals surface area contributed by atoms with E-state index in [9.17, 15) is 9.59 Å². The Bertz CT molecular complexity index is 1020. The number of carboxylic acids is 1. The molecule has 0 amide bonds. The van der Waals surface area contributed by atoms with Crippen LogP contribution in [-0.4, -0.2) is 23.1 Å². The molecule has 0 bridgehead atoms. The highest BCUT2D eigenvalue weighted by molar-refractivity contribution is 5.71. The third kappa shape index (κ3) is 37.1. The average Bonchev–Trinajstić information content (AvgIpc) is 3.07. The van der Waals surface area contributed by atoms with Crippen LogP contribution in [0.1, 0.15) is 149 Å². The fourth-order valence-electron chi connectivity index (χ4n) is 4.84. The van der Waals surface area contributed by atoms with Crippen LogP contribution in [0, 0.1) is 0 Å². The molecule has 0 aliphatic rings. The summed E-state index contributed by atoms with van der Waals surface area (Å²) < 4.78 is 5.91. The van der Waals surface area contributed by atoms with Gasteiger partial charge in [-0.3, -0.25) is 9.59 Å². The number of rotatable bonds is 32. The molecule has 4 nitrogen and oxygen atoms in total. The van der Waals surface area contributed by atoms with E-state index in [1.54, 1.807) is 0 Å². The summed E-state index contributed by atoms with van der Waals surface area (Å²) in [6, 6.07) is 0. The molecule has 0 rings (SSSR count). The Labute approximate surface area is 294 Å². The van der Waals surface area contributed by atoms with Gasteiger partial charge in [-0.2, -0.15) is 0 Å². The van der Waals surface area contributed by atoms with Crippen LogP contribution >= 0.6 is 0 Å². The topological polar surface area (TPSA) is 63.6 Å². The van der Waals surface area contributed by atoms with Crippen LogP contribution in [0.4, 0.5) is 0 Å². The summed E-state index contributed by atoms with van der Waals surface area (Å²) in [6.07, 6.45) is 58.2. The zero-order valence-electron chi connectivity index (χ0n) is 30.5. The summed E-state index contributed by atoms with van der Waals surface area (Å²) >= 11 is 0. The lowest BCUT2D eigenvalue weighted by molar-refractivity contribution is -0.148. The van der Waals surface area contributed by atoms with Crippen LogP contribution in [0.2, 0.25) is 0 Å². The molecule has 0 saturated heterocycles. The third-order valence-electron chi connectivity index (χ3n) is 7.52. The minimum Gasteiger partial charge on any atom is -0.481 e. The van der Waals surface area contributed by atoms with E-state index in [-0.39, 0.29) is 18.5 Å². The smallest absolute Gasteiger partial charge is 0.309 e. The molecule has 1 unspecified atom stereocenters. The molecule has 4 heteroatoms. The molecule has 0 aromatic carbocycles. The monoisotopic (exact) mass is 661 g/mol. The summed E-state index contributed by atoms with van der Waals surface area (Å²) in [4.78, 5) is 23.3. The second kappa shape index (κ2) is 38.1. The van der Waals surface area contributed by atoms with Crippen molar-refractivity contribution in [3.8, 4) is 0 Å². The van der Waals surface area contributed by atoms with E-state index in [4.69, 9.17) is 9.84 Å². The minimum absolute atomic E-state index is 0.0447. The lowest BCUT2D eigenvalue weighted by Gasteiger charge is -2.17. The Morgan fingerprint density at radius 2 is 0.854 bits per heavy atom. The molecule has 0 aliphatic heterocycles. The summed E-state index contributed by atoms with van der Waals surface area (Å²) in [7, 11) is 0. The normalized spacial score (nSPS) is 13.5. The molecule has 0 aromatic heterocycles. The molecule has 0 radical (unpaired) electrons. The maximum absolute atomic E-state index is 12.6. The molecule has 1 atom stereocenters. The van der Waals surface area contributed by atoms with Gasteiger partial charge in [0.25, 0.3) is 0 Å². The van der Waals surface area contributed by atoms with Gasteiger partial charge in [-0.05, 0) is 103 Å². The lowest BCUT2D eigenvalue weighted by atomic mass is 10.0. The van der Waals surface area contributed by atoms with E-state index in [0.717, 1.165) is 122 Å². The van der Waals surface area contributed by atoms with E-state index < -0.39 is 5.97 Å². The molecule has 48 heavy (non-hydrogen) atoms. The Hall–Kier alpha value is -3.40. The number of esters is 1. The highest BCUT2D eigenvalue weighted by Gasteiger charge is 2.13. The first-order valence-electron chi connectivity index (χ1n) is 18.9. The number of carbonyl (C=O) groups is 2. The molecular formula is C44H68O4. The van der Waals surface area contributed by atoms with Crippen molar-refractivity contribution in [2.24, 2.45) is 0 Å². The van der Waals surface area contributed by atoms with E-state index in [0.29, 0.717) is 6.42 Å². The molecule has 0 fully saturated rings. The van der Waals surface area contributed by atoms with Crippen molar-refractivity contribution in [2.75, 3.05) is 0 Å². The zero-order valence-corrected chi connectivity index (χ0v) is 30.5. The maximum Gasteiger partial charge on any atom is 0.309 e. The van der Waals surface area contributed by atoms with Gasteiger partial charge in [-0.1, -0.05) is 142 Å². The summed E-state index contributed by atoms with van der Waals surface area (Å²) in [5.74, 6) is -0.874. The highest BCUT2D eigenvalue weighted by atomic mass is 16.5. The SMILES string of the molecule is CC/C=C\C/C=C\C/C=C\C/C=C\C/C=C\CC(=O)OC(CCCC/C=C\C/C=C\C/C=C\C/C=C\CC)CCCCCCCC(=O)O. The van der Waals surface area contributed by atoms with Gasteiger partial charge >= 0.3 is 11.9 Å². The molecule has 0 heterocycles. The van der Waals surface area contributed by atoms with Gasteiger partial charge in [0, 0.05) is 6.42 Å². The van der Waals surface area contributed by atoms with Crippen molar-refractivity contribution < 1.29 is 19.4 Å². The fraction of sp³-hybridized carbons (Fsp3) is 0.545. The van der Waals surface area contributed by atoms with Crippen molar-refractivity contribution in [3.63, 3.8) is 0 Å². The van der Waals surface area contributed by atoms with Crippen LogP contribution in [0.5, 0.6) is 0 Å². The number of hydrogen-bond donors (Lipinski definition) is 1. The number of unbranched alkanes of at least 4 members (excludes halogenated alkanes) is 6. The minimum atomic E-state index is -0.722. The van der Waals surface area contributed by atoms with Crippen molar-refractivity contribution in [3.05, 3.63) is 109 Å². The Morgan fingerprint density at radius 1 is 0.479 bits per heavy atom. The van der Waals surface area contributed by atoms with Crippen molar-refractivity contribution in [1.82, 2.24) is 0 Å². The summed E-state index contributed by atoms with van der Waals surface area (Å²) in [6.45, 7) is 4.30. The first-order chi connectivity index (χ1) is 23.6. The summed E-state index contributed by atoms with van der Waals surface area (Å²) in [5, 5.41) is 8.81. The lowest BCUT2D eigenvalue weighted by Crippen LogP contribution is -2.18. The predicted octanol–water partition coefficient (Wildman–Crippen LogP) is 13.2. The van der Waals surface area contributed by atoms with Crippen molar-refractivity contribution in [2.45, 2.75) is 155 Å². The zero-order chi connectivity index (χ0) is 35.0. The van der Waals surface area contributed by atoms with Crippen LogP contribution < -0.4 is 0 Å². The van der Waals surface area contributed by atoms with Crippen molar-refractivity contribution in [1.29, 1.82) is 0 Å². The fourth-order valence-corrected chi connectivity index (χ4v) is 4.84. The van der Waals surface area contributed by atoms with Crippen LogP contribution in [0.3, 0.4) is 0 Å². The van der Waals surface area contributed by atoms with E-state index in [1.807, 2.05) is 12.2 Å². The number of carbonyl (C=O) groups excluding carboxylic acids is 1. The molecule has 0 saturated carbocycles. The largest absolute Gasteiger partial charge is 0.481 e.